The Balaban J connectivity index is 1.58. The second-order valence-corrected chi connectivity index (χ2v) is 8.94. The molecule has 0 aromatic carbocycles. The number of hydrogen-bond acceptors (Lipinski definition) is 4. The first-order valence-corrected chi connectivity index (χ1v) is 11.5. The number of pyridine rings is 3. The lowest BCUT2D eigenvalue weighted by molar-refractivity contribution is 0.686. The lowest BCUT2D eigenvalue weighted by Crippen LogP contribution is -2.04. The fraction of sp³-hybridized carbons (Fsp3) is 0.192. The van der Waals surface area contributed by atoms with Gasteiger partial charge in [-0.3, -0.25) is 19.2 Å². The lowest BCUT2D eigenvalue weighted by atomic mass is 10.1. The fourth-order valence-electron chi connectivity index (χ4n) is 3.00. The van der Waals surface area contributed by atoms with Crippen LogP contribution in [0.3, 0.4) is 0 Å². The van der Waals surface area contributed by atoms with Gasteiger partial charge in [-0.1, -0.05) is 36.9 Å². The second kappa shape index (κ2) is 10.7. The van der Waals surface area contributed by atoms with Gasteiger partial charge in [0.15, 0.2) is 0 Å². The highest BCUT2D eigenvalue weighted by Crippen LogP contribution is 2.16. The van der Waals surface area contributed by atoms with Crippen LogP contribution < -0.4 is 0 Å². The zero-order chi connectivity index (χ0) is 22.2. The Kier molecular flexibility index (Phi) is 7.79. The van der Waals surface area contributed by atoms with Gasteiger partial charge >= 0.3 is 0 Å². The van der Waals surface area contributed by atoms with Crippen LogP contribution in [0.4, 0.5) is 0 Å². The molecule has 31 heavy (non-hydrogen) atoms. The van der Waals surface area contributed by atoms with Crippen LogP contribution in [-0.2, 0) is 17.2 Å². The van der Waals surface area contributed by atoms with Crippen molar-refractivity contribution in [2.45, 2.75) is 27.2 Å². The van der Waals surface area contributed by atoms with Gasteiger partial charge in [-0.25, -0.2) is 0 Å². The van der Waals surface area contributed by atoms with E-state index < -0.39 is 10.8 Å². The van der Waals surface area contributed by atoms with Crippen LogP contribution in [-0.4, -0.2) is 24.9 Å². The summed E-state index contributed by atoms with van der Waals surface area (Å²) < 4.78 is 12.6. The van der Waals surface area contributed by atoms with Crippen LogP contribution in [0.15, 0.2) is 84.3 Å². The average Bonchev–Trinajstić information content (AvgIpc) is 2.77. The quantitative estimate of drug-likeness (QED) is 0.436. The van der Waals surface area contributed by atoms with Crippen molar-refractivity contribution < 1.29 is 4.21 Å². The van der Waals surface area contributed by atoms with E-state index in [1.807, 2.05) is 87.5 Å². The maximum Gasteiger partial charge on any atom is 0.0889 e. The van der Waals surface area contributed by atoms with E-state index in [0.29, 0.717) is 17.1 Å². The Morgan fingerprint density at radius 3 is 2.29 bits per heavy atom. The molecule has 4 nitrogen and oxygen atoms in total. The van der Waals surface area contributed by atoms with E-state index in [-0.39, 0.29) is 0 Å². The molecule has 0 radical (unpaired) electrons. The number of rotatable bonds is 8. The molecule has 0 bridgehead atoms. The third-order valence-electron chi connectivity index (χ3n) is 4.71. The smallest absolute Gasteiger partial charge is 0.0889 e. The first-order valence-electron chi connectivity index (χ1n) is 10.2. The van der Waals surface area contributed by atoms with Gasteiger partial charge in [0, 0.05) is 34.2 Å². The summed E-state index contributed by atoms with van der Waals surface area (Å²) in [7, 11) is -1.16. The average molecular weight is 430 g/mol. The number of hydrogen-bond donors (Lipinski definition) is 0. The summed E-state index contributed by atoms with van der Waals surface area (Å²) in [6.45, 7) is 9.90. The summed E-state index contributed by atoms with van der Waals surface area (Å²) in [5.74, 6) is 0.475. The van der Waals surface area contributed by atoms with Crippen LogP contribution in [0, 0.1) is 13.8 Å². The largest absolute Gasteiger partial charge is 0.254 e. The van der Waals surface area contributed by atoms with Crippen molar-refractivity contribution in [1.29, 1.82) is 0 Å². The van der Waals surface area contributed by atoms with Crippen molar-refractivity contribution in [3.05, 3.63) is 107 Å². The van der Waals surface area contributed by atoms with E-state index in [4.69, 9.17) is 0 Å². The summed E-state index contributed by atoms with van der Waals surface area (Å²) in [5, 5.41) is 0. The van der Waals surface area contributed by atoms with Crippen LogP contribution in [0.5, 0.6) is 0 Å². The van der Waals surface area contributed by atoms with Crippen molar-refractivity contribution in [2.24, 2.45) is 0 Å². The molecule has 0 aliphatic rings. The molecule has 0 aliphatic carbocycles. The minimum atomic E-state index is -1.16. The van der Waals surface area contributed by atoms with Crippen LogP contribution in [0.25, 0.3) is 17.0 Å². The Hall–Kier alpha value is -3.18. The van der Waals surface area contributed by atoms with Gasteiger partial charge in [0.2, 0.25) is 0 Å². The van der Waals surface area contributed by atoms with Gasteiger partial charge in [0.25, 0.3) is 0 Å². The van der Waals surface area contributed by atoms with E-state index in [0.717, 1.165) is 39.7 Å². The molecule has 3 aromatic heterocycles. The van der Waals surface area contributed by atoms with Gasteiger partial charge < -0.3 is 0 Å². The summed E-state index contributed by atoms with van der Waals surface area (Å²) in [5.41, 5.74) is 6.49. The molecular weight excluding hydrogens is 402 g/mol. The molecule has 0 amide bonds. The van der Waals surface area contributed by atoms with Gasteiger partial charge in [0.1, 0.15) is 0 Å². The second-order valence-electron chi connectivity index (χ2n) is 7.32. The first kappa shape index (κ1) is 22.5. The van der Waals surface area contributed by atoms with Crippen LogP contribution >= 0.6 is 0 Å². The van der Waals surface area contributed by atoms with Crippen molar-refractivity contribution in [3.8, 4) is 11.4 Å². The van der Waals surface area contributed by atoms with E-state index in [9.17, 15) is 4.21 Å². The fourth-order valence-corrected chi connectivity index (χ4v) is 3.89. The molecule has 0 N–H and O–H groups in total. The van der Waals surface area contributed by atoms with E-state index in [1.54, 1.807) is 6.08 Å². The Morgan fingerprint density at radius 2 is 1.58 bits per heavy atom. The van der Waals surface area contributed by atoms with Crippen molar-refractivity contribution in [1.82, 2.24) is 15.0 Å². The highest BCUT2D eigenvalue weighted by atomic mass is 32.2. The van der Waals surface area contributed by atoms with E-state index in [1.165, 1.54) is 0 Å². The number of allylic oxidation sites excluding steroid dienone is 4. The molecule has 0 saturated carbocycles. The standard InChI is InChI=1S/C26H27N3OS/c1-19(24-14-6-10-20(2)27-24)9-5-12-22(4)31(30)18-17-23-13-8-16-26(29-23)25-15-7-11-21(3)28-25/h5-16H,4,17-18H2,1-3H3/b12-5-,19-9+. The van der Waals surface area contributed by atoms with Gasteiger partial charge in [-0.2, -0.15) is 0 Å². The van der Waals surface area contributed by atoms with Crippen LogP contribution in [0.1, 0.15) is 29.7 Å². The summed E-state index contributed by atoms with van der Waals surface area (Å²) >= 11 is 0. The van der Waals surface area contributed by atoms with E-state index in [2.05, 4.69) is 21.5 Å². The Labute approximate surface area is 187 Å². The SMILES string of the molecule is C=C(/C=C\C=C(/C)c1cccc(C)n1)S(=O)CCc1cccc(-c2cccc(C)n2)n1. The Bertz CT molecular complexity index is 1160. The molecule has 1 atom stereocenters. The first-order chi connectivity index (χ1) is 14.9. The molecule has 0 aliphatic heterocycles. The molecule has 0 spiro atoms. The number of aryl methyl sites for hydroxylation is 3. The number of nitrogens with zero attached hydrogens (tertiary/aromatic N) is 3. The summed E-state index contributed by atoms with van der Waals surface area (Å²) in [6, 6.07) is 17.7. The van der Waals surface area contributed by atoms with Gasteiger partial charge in [0.05, 0.1) is 27.9 Å². The van der Waals surface area contributed by atoms with Gasteiger partial charge in [-0.15, -0.1) is 0 Å². The maximum absolute atomic E-state index is 12.6. The topological polar surface area (TPSA) is 55.7 Å². The zero-order valence-electron chi connectivity index (χ0n) is 18.2. The van der Waals surface area contributed by atoms with E-state index >= 15 is 0 Å². The van der Waals surface area contributed by atoms with Gasteiger partial charge in [-0.05, 0) is 68.8 Å². The normalized spacial score (nSPS) is 12.8. The third-order valence-corrected chi connectivity index (χ3v) is 6.01. The predicted octanol–water partition coefficient (Wildman–Crippen LogP) is 5.62. The van der Waals surface area contributed by atoms with Crippen LogP contribution in [0.2, 0.25) is 0 Å². The van der Waals surface area contributed by atoms with Crippen molar-refractivity contribution >= 4 is 16.4 Å². The Morgan fingerprint density at radius 1 is 0.935 bits per heavy atom. The molecule has 3 heterocycles. The maximum atomic E-state index is 12.6. The van der Waals surface area contributed by atoms with Crippen molar-refractivity contribution in [3.63, 3.8) is 0 Å². The molecule has 158 valence electrons. The summed E-state index contributed by atoms with van der Waals surface area (Å²) in [6.07, 6.45) is 6.25. The van der Waals surface area contributed by atoms with Crippen molar-refractivity contribution in [2.75, 3.05) is 5.75 Å². The molecular formula is C26H27N3OS. The molecule has 3 aromatic rings. The molecule has 0 saturated heterocycles. The third kappa shape index (κ3) is 6.66. The molecule has 1 unspecified atom stereocenters. The minimum Gasteiger partial charge on any atom is -0.254 e. The zero-order valence-corrected chi connectivity index (χ0v) is 19.0. The number of aromatic nitrogens is 3. The molecule has 5 heteroatoms. The summed E-state index contributed by atoms with van der Waals surface area (Å²) in [4.78, 5) is 14.3. The molecule has 0 fully saturated rings. The highest BCUT2D eigenvalue weighted by molar-refractivity contribution is 7.89. The predicted molar refractivity (Wildman–Crippen MR) is 130 cm³/mol. The highest BCUT2D eigenvalue weighted by Gasteiger charge is 2.06. The lowest BCUT2D eigenvalue weighted by Gasteiger charge is -2.05. The minimum absolute atomic E-state index is 0.475. The monoisotopic (exact) mass is 429 g/mol. The molecule has 3 rings (SSSR count).